The molecule has 6 heteroatoms. The molecule has 0 bridgehead atoms. The summed E-state index contributed by atoms with van der Waals surface area (Å²) in [6, 6.07) is 5.29. The minimum Gasteiger partial charge on any atom is -0.481 e. The molecule has 1 aliphatic carbocycles. The lowest BCUT2D eigenvalue weighted by molar-refractivity contribution is -0.147. The van der Waals surface area contributed by atoms with E-state index in [1.165, 1.54) is 0 Å². The normalized spacial score (nSPS) is 20.2. The Morgan fingerprint density at radius 2 is 1.67 bits per heavy atom. The van der Waals surface area contributed by atoms with Crippen molar-refractivity contribution in [1.82, 2.24) is 0 Å². The fraction of sp³-hybridized carbons (Fsp3) is 0.500. The van der Waals surface area contributed by atoms with E-state index in [-0.39, 0.29) is 11.8 Å². The summed E-state index contributed by atoms with van der Waals surface area (Å²) < 4.78 is 0. The number of carboxylic acid groups (broad SMARTS) is 1. The van der Waals surface area contributed by atoms with Gasteiger partial charge in [0.1, 0.15) is 0 Å². The predicted molar refractivity (Wildman–Crippen MR) is 91.8 cm³/mol. The second-order valence-corrected chi connectivity index (χ2v) is 6.20. The monoisotopic (exact) mass is 332 g/mol. The summed E-state index contributed by atoms with van der Waals surface area (Å²) in [5, 5.41) is 15.0. The van der Waals surface area contributed by atoms with Gasteiger partial charge in [0.15, 0.2) is 0 Å². The second kappa shape index (κ2) is 7.95. The molecule has 0 spiro atoms. The van der Waals surface area contributed by atoms with Crippen molar-refractivity contribution in [2.24, 2.45) is 11.8 Å². The van der Waals surface area contributed by atoms with E-state index in [1.807, 2.05) is 6.92 Å². The summed E-state index contributed by atoms with van der Waals surface area (Å²) >= 11 is 0. The van der Waals surface area contributed by atoms with Crippen LogP contribution in [-0.2, 0) is 14.4 Å². The quantitative estimate of drug-likeness (QED) is 0.771. The summed E-state index contributed by atoms with van der Waals surface area (Å²) in [4.78, 5) is 35.5. The van der Waals surface area contributed by atoms with Gasteiger partial charge < -0.3 is 15.7 Å². The molecule has 0 heterocycles. The van der Waals surface area contributed by atoms with Gasteiger partial charge in [-0.2, -0.15) is 0 Å². The lowest BCUT2D eigenvalue weighted by atomic mass is 9.78. The summed E-state index contributed by atoms with van der Waals surface area (Å²) in [5.41, 5.74) is 2.01. The van der Waals surface area contributed by atoms with Gasteiger partial charge in [-0.25, -0.2) is 0 Å². The van der Waals surface area contributed by atoms with Gasteiger partial charge in [-0.3, -0.25) is 14.4 Å². The third-order valence-corrected chi connectivity index (χ3v) is 4.61. The zero-order valence-electron chi connectivity index (χ0n) is 14.1. The van der Waals surface area contributed by atoms with Crippen molar-refractivity contribution in [1.29, 1.82) is 0 Å². The summed E-state index contributed by atoms with van der Waals surface area (Å²) in [6.45, 7) is 3.59. The molecule has 2 amide bonds. The van der Waals surface area contributed by atoms with Crippen LogP contribution in [0.3, 0.4) is 0 Å². The molecule has 6 nitrogen and oxygen atoms in total. The number of rotatable bonds is 5. The zero-order valence-corrected chi connectivity index (χ0v) is 14.1. The molecule has 1 aromatic carbocycles. The molecule has 1 saturated carbocycles. The number of carbonyl (C=O) groups is 3. The standard InChI is InChI=1S/C18H24N2O4/c1-3-16(21)19-14-9-6-10-15(11(14)2)20-17(22)12-7-4-5-8-13(12)18(23)24/h6,9-10,12-13H,3-5,7-8H2,1-2H3,(H,19,21)(H,20,22)(H,23,24). The summed E-state index contributed by atoms with van der Waals surface area (Å²) in [7, 11) is 0. The molecule has 130 valence electrons. The van der Waals surface area contributed by atoms with E-state index in [2.05, 4.69) is 10.6 Å². The first kappa shape index (κ1) is 18.0. The average Bonchev–Trinajstić information content (AvgIpc) is 2.58. The van der Waals surface area contributed by atoms with Gasteiger partial charge in [0, 0.05) is 17.8 Å². The largest absolute Gasteiger partial charge is 0.481 e. The van der Waals surface area contributed by atoms with Crippen LogP contribution in [0.2, 0.25) is 0 Å². The fourth-order valence-corrected chi connectivity index (χ4v) is 3.11. The van der Waals surface area contributed by atoms with Gasteiger partial charge in [-0.15, -0.1) is 0 Å². The SMILES string of the molecule is CCC(=O)Nc1cccc(NC(=O)C2CCCCC2C(=O)O)c1C. The van der Waals surface area contributed by atoms with Crippen LogP contribution in [0.4, 0.5) is 11.4 Å². The van der Waals surface area contributed by atoms with Crippen LogP contribution in [0.15, 0.2) is 18.2 Å². The van der Waals surface area contributed by atoms with Crippen molar-refractivity contribution in [2.75, 3.05) is 10.6 Å². The maximum Gasteiger partial charge on any atom is 0.307 e. The second-order valence-electron chi connectivity index (χ2n) is 6.20. The molecule has 1 fully saturated rings. The van der Waals surface area contributed by atoms with Gasteiger partial charge in [-0.1, -0.05) is 25.8 Å². The highest BCUT2D eigenvalue weighted by atomic mass is 16.4. The van der Waals surface area contributed by atoms with Gasteiger partial charge >= 0.3 is 5.97 Å². The van der Waals surface area contributed by atoms with Crippen LogP contribution in [-0.4, -0.2) is 22.9 Å². The summed E-state index contributed by atoms with van der Waals surface area (Å²) in [5.74, 6) is -2.40. The average molecular weight is 332 g/mol. The number of benzene rings is 1. The topological polar surface area (TPSA) is 95.5 Å². The molecule has 1 aromatic rings. The Bertz CT molecular complexity index is 642. The number of nitrogens with one attached hydrogen (secondary N) is 2. The molecule has 0 aromatic heterocycles. The number of aliphatic carboxylic acids is 1. The first-order valence-corrected chi connectivity index (χ1v) is 8.37. The predicted octanol–water partition coefficient (Wildman–Crippen LogP) is 3.17. The number of hydrogen-bond donors (Lipinski definition) is 3. The first-order valence-electron chi connectivity index (χ1n) is 8.37. The number of anilines is 2. The molecule has 1 aliphatic rings. The van der Waals surface area contributed by atoms with Crippen molar-refractivity contribution in [2.45, 2.75) is 46.0 Å². The van der Waals surface area contributed by atoms with Crippen molar-refractivity contribution in [3.05, 3.63) is 23.8 Å². The minimum absolute atomic E-state index is 0.0974. The molecule has 0 aliphatic heterocycles. The molecule has 3 N–H and O–H groups in total. The smallest absolute Gasteiger partial charge is 0.307 e. The van der Waals surface area contributed by atoms with Gasteiger partial charge in [-0.05, 0) is 37.5 Å². The van der Waals surface area contributed by atoms with Crippen LogP contribution >= 0.6 is 0 Å². The number of carbonyl (C=O) groups excluding carboxylic acids is 2. The maximum atomic E-state index is 12.6. The number of hydrogen-bond acceptors (Lipinski definition) is 3. The Hall–Kier alpha value is -2.37. The highest BCUT2D eigenvalue weighted by Crippen LogP contribution is 2.32. The molecular formula is C18H24N2O4. The lowest BCUT2D eigenvalue weighted by Crippen LogP contribution is -2.36. The molecular weight excluding hydrogens is 308 g/mol. The maximum absolute atomic E-state index is 12.6. The summed E-state index contributed by atoms with van der Waals surface area (Å²) in [6.07, 6.45) is 3.22. The van der Waals surface area contributed by atoms with E-state index >= 15 is 0 Å². The molecule has 2 rings (SSSR count). The lowest BCUT2D eigenvalue weighted by Gasteiger charge is -2.27. The van der Waals surface area contributed by atoms with Crippen molar-refractivity contribution in [3.63, 3.8) is 0 Å². The van der Waals surface area contributed by atoms with Crippen LogP contribution in [0.1, 0.15) is 44.6 Å². The van der Waals surface area contributed by atoms with Gasteiger partial charge in [0.25, 0.3) is 0 Å². The third kappa shape index (κ3) is 4.13. The Morgan fingerprint density at radius 3 is 2.25 bits per heavy atom. The van der Waals surface area contributed by atoms with E-state index < -0.39 is 17.8 Å². The van der Waals surface area contributed by atoms with E-state index in [1.54, 1.807) is 25.1 Å². The fourth-order valence-electron chi connectivity index (χ4n) is 3.11. The third-order valence-electron chi connectivity index (χ3n) is 4.61. The van der Waals surface area contributed by atoms with Crippen LogP contribution < -0.4 is 10.6 Å². The van der Waals surface area contributed by atoms with Gasteiger partial charge in [0.2, 0.25) is 11.8 Å². The van der Waals surface area contributed by atoms with Crippen LogP contribution in [0.5, 0.6) is 0 Å². The zero-order chi connectivity index (χ0) is 17.7. The van der Waals surface area contributed by atoms with E-state index in [0.717, 1.165) is 18.4 Å². The van der Waals surface area contributed by atoms with Crippen LogP contribution in [0.25, 0.3) is 0 Å². The minimum atomic E-state index is -0.907. The highest BCUT2D eigenvalue weighted by Gasteiger charge is 2.35. The van der Waals surface area contributed by atoms with Crippen molar-refractivity contribution >= 4 is 29.2 Å². The Labute approximate surface area is 141 Å². The Morgan fingerprint density at radius 1 is 1.08 bits per heavy atom. The molecule has 0 radical (unpaired) electrons. The van der Waals surface area contributed by atoms with Gasteiger partial charge in [0.05, 0.1) is 11.8 Å². The molecule has 0 saturated heterocycles. The molecule has 2 atom stereocenters. The van der Waals surface area contributed by atoms with Crippen LogP contribution in [0, 0.1) is 18.8 Å². The highest BCUT2D eigenvalue weighted by molar-refractivity contribution is 5.98. The van der Waals surface area contributed by atoms with E-state index in [4.69, 9.17) is 0 Å². The molecule has 2 unspecified atom stereocenters. The van der Waals surface area contributed by atoms with E-state index in [9.17, 15) is 19.5 Å². The first-order chi connectivity index (χ1) is 11.4. The number of carboxylic acids is 1. The van der Waals surface area contributed by atoms with Crippen molar-refractivity contribution < 1.29 is 19.5 Å². The Kier molecular flexibility index (Phi) is 5.95. The Balaban J connectivity index is 2.15. The van der Waals surface area contributed by atoms with E-state index in [0.29, 0.717) is 30.6 Å². The van der Waals surface area contributed by atoms with Crippen molar-refractivity contribution in [3.8, 4) is 0 Å². The number of amides is 2. The molecule has 24 heavy (non-hydrogen) atoms.